The highest BCUT2D eigenvalue weighted by Gasteiger charge is 2.24. The second kappa shape index (κ2) is 7.82. The maximum atomic E-state index is 11.7. The van der Waals surface area contributed by atoms with Crippen LogP contribution in [-0.4, -0.2) is 42.9 Å². The van der Waals surface area contributed by atoms with E-state index in [1.165, 1.54) is 12.0 Å². The number of hydrogen-bond acceptors (Lipinski definition) is 4. The molecule has 1 fully saturated rings. The standard InChI is InChI=1S/C15H19ClN4O3/c1-23-12-6-5-10(9-11(12)16)19-15(17)18-7-8-20-13(21)3-2-4-14(20)22/h5-6,9H,2-4,7-8H2,1H3,(H3,17,18,19). The Morgan fingerprint density at radius 2 is 2.09 bits per heavy atom. The molecule has 0 unspecified atom stereocenters. The van der Waals surface area contributed by atoms with Gasteiger partial charge in [0.15, 0.2) is 5.96 Å². The number of amides is 2. The molecule has 3 N–H and O–H groups in total. The van der Waals surface area contributed by atoms with Crippen LogP contribution in [0, 0.1) is 0 Å². The van der Waals surface area contributed by atoms with Crippen LogP contribution in [0.1, 0.15) is 19.3 Å². The summed E-state index contributed by atoms with van der Waals surface area (Å²) in [5.41, 5.74) is 6.46. The van der Waals surface area contributed by atoms with Crippen molar-refractivity contribution >= 4 is 35.1 Å². The molecule has 0 spiro atoms. The first-order valence-corrected chi connectivity index (χ1v) is 7.62. The van der Waals surface area contributed by atoms with Crippen LogP contribution < -0.4 is 15.8 Å². The molecule has 0 radical (unpaired) electrons. The highest BCUT2D eigenvalue weighted by Crippen LogP contribution is 2.27. The summed E-state index contributed by atoms with van der Waals surface area (Å²) in [6.07, 6.45) is 1.44. The van der Waals surface area contributed by atoms with Crippen LogP contribution in [0.4, 0.5) is 5.69 Å². The predicted octanol–water partition coefficient (Wildman–Crippen LogP) is 1.61. The number of methoxy groups -OCH3 is 1. The van der Waals surface area contributed by atoms with Gasteiger partial charge in [-0.2, -0.15) is 0 Å². The zero-order chi connectivity index (χ0) is 16.8. The smallest absolute Gasteiger partial charge is 0.229 e. The van der Waals surface area contributed by atoms with Crippen molar-refractivity contribution in [2.45, 2.75) is 19.3 Å². The molecule has 1 saturated heterocycles. The lowest BCUT2D eigenvalue weighted by Crippen LogP contribution is -2.41. The number of hydrogen-bond donors (Lipinski definition) is 2. The van der Waals surface area contributed by atoms with E-state index in [0.29, 0.717) is 35.7 Å². The van der Waals surface area contributed by atoms with Gasteiger partial charge in [-0.1, -0.05) is 11.6 Å². The summed E-state index contributed by atoms with van der Waals surface area (Å²) in [5, 5.41) is 3.35. The molecule has 2 amide bonds. The Morgan fingerprint density at radius 3 is 2.70 bits per heavy atom. The Bertz CT molecular complexity index is 617. The Morgan fingerprint density at radius 1 is 1.39 bits per heavy atom. The zero-order valence-electron chi connectivity index (χ0n) is 12.8. The molecule has 1 aromatic carbocycles. The Labute approximate surface area is 139 Å². The van der Waals surface area contributed by atoms with Crippen molar-refractivity contribution in [1.29, 1.82) is 0 Å². The third kappa shape index (κ3) is 4.59. The number of nitrogens with zero attached hydrogens (tertiary/aromatic N) is 2. The number of nitrogens with two attached hydrogens (primary N) is 1. The van der Waals surface area contributed by atoms with Crippen molar-refractivity contribution in [2.75, 3.05) is 25.5 Å². The molecule has 1 aromatic rings. The number of carbonyl (C=O) groups is 2. The van der Waals surface area contributed by atoms with Crippen molar-refractivity contribution in [3.8, 4) is 5.75 Å². The van der Waals surface area contributed by atoms with Crippen molar-refractivity contribution in [3.63, 3.8) is 0 Å². The summed E-state index contributed by atoms with van der Waals surface area (Å²) in [7, 11) is 1.54. The van der Waals surface area contributed by atoms with Gasteiger partial charge >= 0.3 is 0 Å². The first-order chi connectivity index (χ1) is 11.0. The summed E-state index contributed by atoms with van der Waals surface area (Å²) in [4.78, 5) is 28.7. The molecule has 0 saturated carbocycles. The number of benzene rings is 1. The lowest BCUT2D eigenvalue weighted by Gasteiger charge is -2.24. The first-order valence-electron chi connectivity index (χ1n) is 7.25. The van der Waals surface area contributed by atoms with E-state index in [9.17, 15) is 9.59 Å². The number of rotatable bonds is 5. The molecule has 1 aliphatic rings. The Balaban J connectivity index is 1.89. The fraction of sp³-hybridized carbons (Fsp3) is 0.400. The van der Waals surface area contributed by atoms with Gasteiger partial charge in [0.05, 0.1) is 18.7 Å². The first kappa shape index (κ1) is 17.1. The van der Waals surface area contributed by atoms with Gasteiger partial charge in [0.1, 0.15) is 5.75 Å². The number of carbonyl (C=O) groups excluding carboxylic acids is 2. The number of likely N-dealkylation sites (tertiary alicyclic amines) is 1. The highest BCUT2D eigenvalue weighted by molar-refractivity contribution is 6.32. The predicted molar refractivity (Wildman–Crippen MR) is 88.7 cm³/mol. The maximum absolute atomic E-state index is 11.7. The van der Waals surface area contributed by atoms with Crippen LogP contribution in [-0.2, 0) is 9.59 Å². The number of imide groups is 1. The third-order valence-electron chi connectivity index (χ3n) is 3.41. The number of guanidine groups is 1. The molecule has 7 nitrogen and oxygen atoms in total. The maximum Gasteiger partial charge on any atom is 0.229 e. The second-order valence-electron chi connectivity index (χ2n) is 5.03. The van der Waals surface area contributed by atoms with Crippen molar-refractivity contribution in [1.82, 2.24) is 4.90 Å². The minimum atomic E-state index is -0.148. The second-order valence-corrected chi connectivity index (χ2v) is 5.44. The molecular formula is C15H19ClN4O3. The number of halogens is 1. The summed E-state index contributed by atoms with van der Waals surface area (Å²) in [6.45, 7) is 0.490. The molecule has 0 atom stereocenters. The fourth-order valence-electron chi connectivity index (χ4n) is 2.25. The van der Waals surface area contributed by atoms with Gasteiger partial charge in [-0.3, -0.25) is 19.5 Å². The van der Waals surface area contributed by atoms with Crippen LogP contribution in [0.5, 0.6) is 5.75 Å². The average molecular weight is 339 g/mol. The van der Waals surface area contributed by atoms with Gasteiger partial charge < -0.3 is 15.8 Å². The van der Waals surface area contributed by atoms with Gasteiger partial charge in [0, 0.05) is 25.1 Å². The lowest BCUT2D eigenvalue weighted by atomic mass is 10.1. The molecule has 0 aliphatic carbocycles. The van der Waals surface area contributed by atoms with E-state index in [2.05, 4.69) is 10.3 Å². The SMILES string of the molecule is COc1ccc(NC(N)=NCCN2C(=O)CCCC2=O)cc1Cl. The fourth-order valence-corrected chi connectivity index (χ4v) is 2.51. The summed E-state index contributed by atoms with van der Waals surface area (Å²) < 4.78 is 5.07. The molecular weight excluding hydrogens is 320 g/mol. The molecule has 0 aromatic heterocycles. The van der Waals surface area contributed by atoms with E-state index in [1.54, 1.807) is 18.2 Å². The van der Waals surface area contributed by atoms with Gasteiger partial charge in [0.25, 0.3) is 0 Å². The van der Waals surface area contributed by atoms with Gasteiger partial charge in [0.2, 0.25) is 11.8 Å². The highest BCUT2D eigenvalue weighted by atomic mass is 35.5. The molecule has 1 aliphatic heterocycles. The summed E-state index contributed by atoms with van der Waals surface area (Å²) in [5.74, 6) is 0.452. The Kier molecular flexibility index (Phi) is 5.81. The van der Waals surface area contributed by atoms with Gasteiger partial charge in [-0.25, -0.2) is 0 Å². The van der Waals surface area contributed by atoms with Gasteiger partial charge in [-0.05, 0) is 24.6 Å². The number of aliphatic imine (C=N–C) groups is 1. The monoisotopic (exact) mass is 338 g/mol. The molecule has 0 bridgehead atoms. The average Bonchev–Trinajstić information content (AvgIpc) is 2.50. The lowest BCUT2D eigenvalue weighted by molar-refractivity contribution is -0.147. The number of nitrogens with one attached hydrogen (secondary N) is 1. The number of anilines is 1. The van der Waals surface area contributed by atoms with E-state index in [0.717, 1.165) is 0 Å². The van der Waals surface area contributed by atoms with E-state index in [-0.39, 0.29) is 30.9 Å². The normalized spacial score (nSPS) is 15.7. The minimum absolute atomic E-state index is 0.148. The van der Waals surface area contributed by atoms with Crippen LogP contribution in [0.3, 0.4) is 0 Å². The minimum Gasteiger partial charge on any atom is -0.495 e. The van der Waals surface area contributed by atoms with Crippen LogP contribution in [0.2, 0.25) is 5.02 Å². The van der Waals surface area contributed by atoms with Crippen LogP contribution in [0.15, 0.2) is 23.2 Å². The summed E-state index contributed by atoms with van der Waals surface area (Å²) in [6, 6.07) is 5.13. The third-order valence-corrected chi connectivity index (χ3v) is 3.71. The van der Waals surface area contributed by atoms with Crippen molar-refractivity contribution < 1.29 is 14.3 Å². The van der Waals surface area contributed by atoms with Crippen molar-refractivity contribution in [3.05, 3.63) is 23.2 Å². The van der Waals surface area contributed by atoms with Crippen LogP contribution >= 0.6 is 11.6 Å². The van der Waals surface area contributed by atoms with Gasteiger partial charge in [-0.15, -0.1) is 0 Å². The molecule has 23 heavy (non-hydrogen) atoms. The topological polar surface area (TPSA) is 97.0 Å². The van der Waals surface area contributed by atoms with E-state index in [4.69, 9.17) is 22.1 Å². The molecule has 2 rings (SSSR count). The molecule has 124 valence electrons. The zero-order valence-corrected chi connectivity index (χ0v) is 13.6. The van der Waals surface area contributed by atoms with Crippen LogP contribution in [0.25, 0.3) is 0 Å². The number of ether oxygens (including phenoxy) is 1. The molecule has 8 heteroatoms. The van der Waals surface area contributed by atoms with E-state index in [1.807, 2.05) is 0 Å². The number of piperidine rings is 1. The summed E-state index contributed by atoms with van der Waals surface area (Å²) >= 11 is 6.02. The van der Waals surface area contributed by atoms with E-state index < -0.39 is 0 Å². The quantitative estimate of drug-likeness (QED) is 0.483. The van der Waals surface area contributed by atoms with E-state index >= 15 is 0 Å². The largest absolute Gasteiger partial charge is 0.495 e. The molecule has 1 heterocycles. The Hall–Kier alpha value is -2.28. The van der Waals surface area contributed by atoms with Crippen molar-refractivity contribution in [2.24, 2.45) is 10.7 Å².